The number of halogens is 3. The van der Waals surface area contributed by atoms with Crippen LogP contribution in [0.2, 0.25) is 10.0 Å². The van der Waals surface area contributed by atoms with Crippen LogP contribution >= 0.6 is 47.2 Å². The van der Waals surface area contributed by atoms with Gasteiger partial charge in [0, 0.05) is 39.9 Å². The number of anilines is 1. The van der Waals surface area contributed by atoms with Crippen molar-refractivity contribution >= 4 is 64.9 Å². The molecule has 0 radical (unpaired) electrons. The molecule has 1 aromatic heterocycles. The Balaban J connectivity index is 0.00000529. The molecule has 0 spiro atoms. The van der Waals surface area contributed by atoms with Crippen LogP contribution in [0.5, 0.6) is 0 Å². The van der Waals surface area contributed by atoms with E-state index >= 15 is 0 Å². The van der Waals surface area contributed by atoms with E-state index in [9.17, 15) is 4.79 Å². The number of hydrogen-bond donors (Lipinski definition) is 3. The van der Waals surface area contributed by atoms with Crippen molar-refractivity contribution in [2.24, 2.45) is 4.99 Å². The maximum atomic E-state index is 11.5. The lowest BCUT2D eigenvalue weighted by Crippen LogP contribution is -2.40. The number of guanidine groups is 1. The van der Waals surface area contributed by atoms with Crippen molar-refractivity contribution in [1.29, 1.82) is 0 Å². The molecular weight excluding hydrogens is 466 g/mol. The molecular formula is C14H23Cl2IN6O. The normalized spacial score (nSPS) is 10.6. The molecule has 10 heteroatoms. The monoisotopic (exact) mass is 488 g/mol. The molecule has 1 amide bonds. The number of amides is 1. The molecule has 0 aliphatic rings. The molecule has 0 fully saturated rings. The van der Waals surface area contributed by atoms with Crippen LogP contribution < -0.4 is 16.0 Å². The van der Waals surface area contributed by atoms with E-state index in [0.717, 1.165) is 0 Å². The Morgan fingerprint density at radius 1 is 1.29 bits per heavy atom. The summed E-state index contributed by atoms with van der Waals surface area (Å²) in [6, 6.07) is 1.63. The second-order valence-electron chi connectivity index (χ2n) is 4.82. The van der Waals surface area contributed by atoms with E-state index in [1.807, 2.05) is 6.92 Å². The summed E-state index contributed by atoms with van der Waals surface area (Å²) in [5.41, 5.74) is 0. The molecule has 1 rings (SSSR count). The molecule has 0 aliphatic heterocycles. The van der Waals surface area contributed by atoms with E-state index in [2.05, 4.69) is 25.9 Å². The standard InChI is InChI=1S/C14H22Cl2N6O.HI/c1-4-17-14(21-9-12(23)22(2)3)19-6-5-18-13-11(16)7-10(15)8-20-13;/h7-8H,4-6,9H2,1-3H3,(H,18,20)(H2,17,19,21);1H. The van der Waals surface area contributed by atoms with Gasteiger partial charge in [0.2, 0.25) is 5.91 Å². The maximum absolute atomic E-state index is 11.5. The molecule has 24 heavy (non-hydrogen) atoms. The summed E-state index contributed by atoms with van der Waals surface area (Å²) in [7, 11) is 3.40. The molecule has 7 nitrogen and oxygen atoms in total. The molecule has 0 saturated carbocycles. The highest BCUT2D eigenvalue weighted by atomic mass is 127. The lowest BCUT2D eigenvalue weighted by molar-refractivity contribution is -0.127. The van der Waals surface area contributed by atoms with Crippen LogP contribution in [0.15, 0.2) is 17.3 Å². The van der Waals surface area contributed by atoms with Gasteiger partial charge < -0.3 is 20.9 Å². The molecule has 1 heterocycles. The number of aliphatic imine (C=N–C) groups is 1. The molecule has 3 N–H and O–H groups in total. The number of rotatable bonds is 7. The quantitative estimate of drug-likeness (QED) is 0.237. The van der Waals surface area contributed by atoms with Crippen LogP contribution in [-0.2, 0) is 4.79 Å². The van der Waals surface area contributed by atoms with Crippen LogP contribution in [0.4, 0.5) is 5.82 Å². The highest BCUT2D eigenvalue weighted by Crippen LogP contribution is 2.21. The van der Waals surface area contributed by atoms with E-state index < -0.39 is 0 Å². The second-order valence-corrected chi connectivity index (χ2v) is 5.66. The Morgan fingerprint density at radius 2 is 2.00 bits per heavy atom. The first kappa shape index (κ1) is 23.0. The van der Waals surface area contributed by atoms with Gasteiger partial charge in [-0.15, -0.1) is 24.0 Å². The number of nitrogens with one attached hydrogen (secondary N) is 3. The zero-order valence-corrected chi connectivity index (χ0v) is 17.7. The van der Waals surface area contributed by atoms with Crippen LogP contribution in [0.3, 0.4) is 0 Å². The fourth-order valence-corrected chi connectivity index (χ4v) is 1.98. The SMILES string of the molecule is CCNC(=NCC(=O)N(C)C)NCCNc1ncc(Cl)cc1Cl.I. The Kier molecular flexibility index (Phi) is 11.9. The van der Waals surface area contributed by atoms with Gasteiger partial charge in [0.05, 0.1) is 10.0 Å². The fraction of sp³-hybridized carbons (Fsp3) is 0.500. The summed E-state index contributed by atoms with van der Waals surface area (Å²) in [5.74, 6) is 1.10. The van der Waals surface area contributed by atoms with Gasteiger partial charge in [-0.1, -0.05) is 23.2 Å². The first-order valence-corrected chi connectivity index (χ1v) is 7.97. The number of carbonyl (C=O) groups is 1. The second kappa shape index (κ2) is 12.4. The first-order valence-electron chi connectivity index (χ1n) is 7.21. The van der Waals surface area contributed by atoms with Gasteiger partial charge in [0.15, 0.2) is 5.96 Å². The lowest BCUT2D eigenvalue weighted by Gasteiger charge is -2.13. The first-order chi connectivity index (χ1) is 10.9. The van der Waals surface area contributed by atoms with E-state index in [1.165, 1.54) is 11.1 Å². The van der Waals surface area contributed by atoms with E-state index in [1.54, 1.807) is 20.2 Å². The minimum Gasteiger partial charge on any atom is -0.367 e. The number of hydrogen-bond acceptors (Lipinski definition) is 4. The number of pyridine rings is 1. The predicted octanol–water partition coefficient (Wildman–Crippen LogP) is 2.06. The predicted molar refractivity (Wildman–Crippen MR) is 111 cm³/mol. The minimum absolute atomic E-state index is 0. The third-order valence-corrected chi connectivity index (χ3v) is 3.23. The lowest BCUT2D eigenvalue weighted by atomic mass is 10.4. The minimum atomic E-state index is -0.0579. The zero-order chi connectivity index (χ0) is 17.2. The molecule has 0 atom stereocenters. The van der Waals surface area contributed by atoms with Crippen molar-refractivity contribution < 1.29 is 4.79 Å². The Hall–Kier alpha value is -1.000. The van der Waals surface area contributed by atoms with Crippen LogP contribution in [0, 0.1) is 0 Å². The van der Waals surface area contributed by atoms with Gasteiger partial charge in [-0.3, -0.25) is 4.79 Å². The van der Waals surface area contributed by atoms with Gasteiger partial charge in [-0.2, -0.15) is 0 Å². The molecule has 1 aromatic rings. The van der Waals surface area contributed by atoms with Gasteiger partial charge in [-0.25, -0.2) is 9.98 Å². The molecule has 136 valence electrons. The smallest absolute Gasteiger partial charge is 0.243 e. The van der Waals surface area contributed by atoms with Crippen LogP contribution in [-0.4, -0.2) is 62.0 Å². The fourth-order valence-electron chi connectivity index (χ4n) is 1.54. The van der Waals surface area contributed by atoms with Crippen LogP contribution in [0.25, 0.3) is 0 Å². The molecule has 0 aliphatic carbocycles. The van der Waals surface area contributed by atoms with Crippen molar-refractivity contribution in [3.8, 4) is 0 Å². The number of likely N-dealkylation sites (N-methyl/N-ethyl adjacent to an activating group) is 1. The summed E-state index contributed by atoms with van der Waals surface area (Å²) >= 11 is 11.8. The van der Waals surface area contributed by atoms with Crippen molar-refractivity contribution in [3.05, 3.63) is 22.3 Å². The summed E-state index contributed by atoms with van der Waals surface area (Å²) in [5, 5.41) is 10.3. The van der Waals surface area contributed by atoms with E-state index in [-0.39, 0.29) is 36.4 Å². The van der Waals surface area contributed by atoms with Crippen molar-refractivity contribution in [1.82, 2.24) is 20.5 Å². The zero-order valence-electron chi connectivity index (χ0n) is 13.9. The average molecular weight is 489 g/mol. The summed E-state index contributed by atoms with van der Waals surface area (Å²) in [4.78, 5) is 21.4. The largest absolute Gasteiger partial charge is 0.367 e. The highest BCUT2D eigenvalue weighted by Gasteiger charge is 2.04. The van der Waals surface area contributed by atoms with Crippen molar-refractivity contribution in [3.63, 3.8) is 0 Å². The van der Waals surface area contributed by atoms with Gasteiger partial charge in [0.1, 0.15) is 12.4 Å². The van der Waals surface area contributed by atoms with Gasteiger partial charge in [0.25, 0.3) is 0 Å². The molecule has 0 bridgehead atoms. The van der Waals surface area contributed by atoms with Gasteiger partial charge >= 0.3 is 0 Å². The Labute approximate surface area is 169 Å². The summed E-state index contributed by atoms with van der Waals surface area (Å²) in [6.45, 7) is 3.93. The number of carbonyl (C=O) groups excluding carboxylic acids is 1. The van der Waals surface area contributed by atoms with Gasteiger partial charge in [-0.05, 0) is 13.0 Å². The number of aromatic nitrogens is 1. The maximum Gasteiger partial charge on any atom is 0.243 e. The van der Waals surface area contributed by atoms with E-state index in [4.69, 9.17) is 23.2 Å². The van der Waals surface area contributed by atoms with Crippen molar-refractivity contribution in [2.45, 2.75) is 6.92 Å². The molecule has 0 unspecified atom stereocenters. The average Bonchev–Trinajstić information content (AvgIpc) is 2.50. The summed E-state index contributed by atoms with van der Waals surface area (Å²) < 4.78 is 0. The van der Waals surface area contributed by atoms with Crippen LogP contribution in [0.1, 0.15) is 6.92 Å². The van der Waals surface area contributed by atoms with Crippen molar-refractivity contribution in [2.75, 3.05) is 45.6 Å². The molecule has 0 saturated heterocycles. The van der Waals surface area contributed by atoms with E-state index in [0.29, 0.717) is 41.5 Å². The topological polar surface area (TPSA) is 81.7 Å². The number of nitrogens with zero attached hydrogens (tertiary/aromatic N) is 3. The molecule has 0 aromatic carbocycles. The Morgan fingerprint density at radius 3 is 2.58 bits per heavy atom. The Bertz CT molecular complexity index is 556. The summed E-state index contributed by atoms with van der Waals surface area (Å²) in [6.07, 6.45) is 1.53. The third kappa shape index (κ3) is 8.74. The third-order valence-electron chi connectivity index (χ3n) is 2.73. The highest BCUT2D eigenvalue weighted by molar-refractivity contribution is 14.0.